The Balaban J connectivity index is 1.70. The fourth-order valence-electron chi connectivity index (χ4n) is 7.53. The minimum Gasteiger partial charge on any atom is -0.384 e. The van der Waals surface area contributed by atoms with E-state index in [-0.39, 0.29) is 71.0 Å². The van der Waals surface area contributed by atoms with Gasteiger partial charge in [-0.05, 0) is 55.8 Å². The van der Waals surface area contributed by atoms with Gasteiger partial charge in [0.2, 0.25) is 5.91 Å². The fraction of sp³-hybridized carbons (Fsp3) is 0.737. The lowest BCUT2D eigenvalue weighted by molar-refractivity contribution is -0.173. The number of thiocarbonyl (C=S) groups is 1. The number of aliphatic hydroxyl groups is 1. The highest BCUT2D eigenvalue weighted by molar-refractivity contribution is 7.87. The molecule has 0 bridgehead atoms. The molecule has 0 radical (unpaired) electrons. The molecular formula is C38H62F2N8O8S2. The molecule has 58 heavy (non-hydrogen) atoms. The zero-order valence-corrected chi connectivity index (χ0v) is 35.1. The number of hydrogen-bond donors (Lipinski definition) is 6. The molecular weight excluding hydrogens is 799 g/mol. The number of rotatable bonds is 21. The average Bonchev–Trinajstić information content (AvgIpc) is 3.23. The predicted octanol–water partition coefficient (Wildman–Crippen LogP) is 0.495. The van der Waals surface area contributed by atoms with E-state index in [1.165, 1.54) is 0 Å². The van der Waals surface area contributed by atoms with Gasteiger partial charge in [0.25, 0.3) is 11.8 Å². The molecule has 20 heteroatoms. The number of benzene rings is 1. The fourth-order valence-corrected chi connectivity index (χ4v) is 9.39. The molecule has 4 rings (SSSR count). The van der Waals surface area contributed by atoms with E-state index in [1.54, 1.807) is 31.3 Å². The Labute approximate surface area is 346 Å². The first-order valence-corrected chi connectivity index (χ1v) is 22.2. The summed E-state index contributed by atoms with van der Waals surface area (Å²) in [7, 11) is -3.31. The molecule has 2 heterocycles. The van der Waals surface area contributed by atoms with E-state index in [1.807, 2.05) is 11.0 Å². The van der Waals surface area contributed by atoms with Crippen LogP contribution in [0, 0.1) is 5.92 Å². The summed E-state index contributed by atoms with van der Waals surface area (Å²) in [5.74, 6) is -8.61. The summed E-state index contributed by atoms with van der Waals surface area (Å²) in [6.07, 6.45) is 0.946. The summed E-state index contributed by atoms with van der Waals surface area (Å²) in [5, 5.41) is 22.8. The standard InChI is InChI=1S/C38H62F2N8O8S2/c1-42-37(57)44-15-9-8-14-31(45-34(50)30(41)26-28-10-4-2-5-11-28)35(51)48(58(53,54)47-20-24-56-25-21-47)32(27-29-12-6-3-7-13-29)33(49)38(39,40)36(52)43-16-17-46-18-22-55-23-19-46/h2,4-5,10-11,29-33,49H,3,6-9,12-27,41H2,1H3,(H,43,52)(H,45,50)(H2,42,44,57)/t30-,31-,32-,33?/m0/s1. The summed E-state index contributed by atoms with van der Waals surface area (Å²) in [5.41, 5.74) is 7.06. The van der Waals surface area contributed by atoms with Crippen LogP contribution in [-0.2, 0) is 40.5 Å². The number of carbonyl (C=O) groups excluding carboxylic acids is 3. The Bertz CT molecular complexity index is 1570. The number of carbonyl (C=O) groups is 3. The minimum atomic E-state index is -4.96. The lowest BCUT2D eigenvalue weighted by Crippen LogP contribution is -2.65. The summed E-state index contributed by atoms with van der Waals surface area (Å²) < 4.78 is 74.2. The van der Waals surface area contributed by atoms with E-state index in [0.717, 1.165) is 29.1 Å². The number of halogens is 2. The van der Waals surface area contributed by atoms with Crippen molar-refractivity contribution in [3.63, 3.8) is 0 Å². The predicted molar refractivity (Wildman–Crippen MR) is 218 cm³/mol. The van der Waals surface area contributed by atoms with Crippen molar-refractivity contribution in [3.8, 4) is 0 Å². The summed E-state index contributed by atoms with van der Waals surface area (Å²) in [4.78, 5) is 43.9. The highest BCUT2D eigenvalue weighted by atomic mass is 32.2. The molecule has 328 valence electrons. The summed E-state index contributed by atoms with van der Waals surface area (Å²) in [6, 6.07) is 4.16. The third-order valence-corrected chi connectivity index (χ3v) is 13.2. The lowest BCUT2D eigenvalue weighted by Gasteiger charge is -2.42. The van der Waals surface area contributed by atoms with Crippen molar-refractivity contribution in [1.29, 1.82) is 0 Å². The van der Waals surface area contributed by atoms with Crippen molar-refractivity contribution in [2.24, 2.45) is 11.7 Å². The van der Waals surface area contributed by atoms with Gasteiger partial charge in [0.05, 0.1) is 38.5 Å². The Kier molecular flexibility index (Phi) is 19.4. The van der Waals surface area contributed by atoms with E-state index in [0.29, 0.717) is 61.5 Å². The van der Waals surface area contributed by atoms with Crippen LogP contribution >= 0.6 is 12.2 Å². The van der Waals surface area contributed by atoms with Gasteiger partial charge in [0, 0.05) is 52.9 Å². The van der Waals surface area contributed by atoms with Crippen molar-refractivity contribution in [1.82, 2.24) is 34.8 Å². The highest BCUT2D eigenvalue weighted by Gasteiger charge is 2.56. The number of aliphatic hydroxyl groups excluding tert-OH is 1. The van der Waals surface area contributed by atoms with Crippen molar-refractivity contribution >= 4 is 45.3 Å². The van der Waals surface area contributed by atoms with Crippen LogP contribution in [0.4, 0.5) is 8.78 Å². The van der Waals surface area contributed by atoms with Crippen molar-refractivity contribution in [2.45, 2.75) is 94.4 Å². The first-order valence-electron chi connectivity index (χ1n) is 20.4. The van der Waals surface area contributed by atoms with Crippen LogP contribution in [-0.4, -0.2) is 159 Å². The monoisotopic (exact) mass is 860 g/mol. The number of unbranched alkanes of at least 4 members (excludes halogenated alkanes) is 1. The quantitative estimate of drug-likeness (QED) is 0.0737. The van der Waals surface area contributed by atoms with Crippen LogP contribution in [0.25, 0.3) is 0 Å². The van der Waals surface area contributed by atoms with E-state index < -0.39 is 58.1 Å². The smallest absolute Gasteiger partial charge is 0.351 e. The molecule has 3 amide bonds. The largest absolute Gasteiger partial charge is 0.384 e. The molecule has 1 saturated carbocycles. The zero-order chi connectivity index (χ0) is 42.1. The second-order valence-electron chi connectivity index (χ2n) is 15.1. The molecule has 1 aromatic rings. The number of hydrogen-bond acceptors (Lipinski definition) is 11. The molecule has 7 N–H and O–H groups in total. The number of morpholine rings is 2. The van der Waals surface area contributed by atoms with Gasteiger partial charge in [-0.3, -0.25) is 19.3 Å². The Morgan fingerprint density at radius 1 is 0.983 bits per heavy atom. The van der Waals surface area contributed by atoms with Gasteiger partial charge < -0.3 is 41.6 Å². The van der Waals surface area contributed by atoms with Crippen LogP contribution in [0.15, 0.2) is 30.3 Å². The van der Waals surface area contributed by atoms with E-state index in [9.17, 15) is 23.1 Å². The Hall–Kier alpha value is -3.11. The van der Waals surface area contributed by atoms with Crippen LogP contribution in [0.2, 0.25) is 0 Å². The van der Waals surface area contributed by atoms with E-state index in [4.69, 9.17) is 27.4 Å². The number of alkyl halides is 2. The second-order valence-corrected chi connectivity index (χ2v) is 17.3. The molecule has 1 aliphatic carbocycles. The zero-order valence-electron chi connectivity index (χ0n) is 33.4. The van der Waals surface area contributed by atoms with Crippen LogP contribution < -0.4 is 27.0 Å². The maximum atomic E-state index is 16.4. The minimum absolute atomic E-state index is 0.0190. The van der Waals surface area contributed by atoms with Gasteiger partial charge in [0.1, 0.15) is 12.1 Å². The maximum Gasteiger partial charge on any atom is 0.351 e. The number of amides is 3. The number of ether oxygens (including phenoxy) is 2. The SMILES string of the molecule is CNC(=S)NCCCC[C@H](NC(=O)[C@@H](N)Cc1ccccc1)C(=O)N([C@@H](CC1CCCCC1)C(O)C(F)(F)C(=O)NCCN1CCOCC1)S(=O)(=O)N1CCOCC1. The molecule has 3 fully saturated rings. The first-order chi connectivity index (χ1) is 27.7. The second kappa shape index (κ2) is 23.6. The number of nitrogens with two attached hydrogens (primary N) is 1. The molecule has 2 saturated heterocycles. The molecule has 0 aromatic heterocycles. The maximum absolute atomic E-state index is 16.4. The molecule has 4 atom stereocenters. The third-order valence-electron chi connectivity index (χ3n) is 10.9. The van der Waals surface area contributed by atoms with Crippen LogP contribution in [0.1, 0.15) is 63.4 Å². The molecule has 1 aromatic carbocycles. The molecule has 16 nitrogen and oxygen atoms in total. The molecule has 2 aliphatic heterocycles. The third kappa shape index (κ3) is 14.0. The van der Waals surface area contributed by atoms with E-state index in [2.05, 4.69) is 21.3 Å². The molecule has 1 unspecified atom stereocenters. The van der Waals surface area contributed by atoms with Gasteiger partial charge in [-0.25, -0.2) is 4.31 Å². The van der Waals surface area contributed by atoms with Gasteiger partial charge in [-0.15, -0.1) is 0 Å². The van der Waals surface area contributed by atoms with Crippen LogP contribution in [0.3, 0.4) is 0 Å². The van der Waals surface area contributed by atoms with Crippen molar-refractivity contribution in [3.05, 3.63) is 35.9 Å². The first kappa shape index (κ1) is 47.6. The van der Waals surface area contributed by atoms with Crippen molar-refractivity contribution in [2.75, 3.05) is 79.3 Å². The molecule has 3 aliphatic rings. The summed E-state index contributed by atoms with van der Waals surface area (Å²) in [6.45, 7) is 2.12. The van der Waals surface area contributed by atoms with Gasteiger partial charge in [-0.1, -0.05) is 62.4 Å². The summed E-state index contributed by atoms with van der Waals surface area (Å²) >= 11 is 5.14. The van der Waals surface area contributed by atoms with Gasteiger partial charge >= 0.3 is 16.1 Å². The topological polar surface area (TPSA) is 208 Å². The Morgan fingerprint density at radius 2 is 1.62 bits per heavy atom. The normalized spacial score (nSPS) is 19.6. The van der Waals surface area contributed by atoms with Gasteiger partial charge in [0.15, 0.2) is 5.11 Å². The lowest BCUT2D eigenvalue weighted by atomic mass is 9.82. The highest BCUT2D eigenvalue weighted by Crippen LogP contribution is 2.35. The van der Waals surface area contributed by atoms with Crippen LogP contribution in [0.5, 0.6) is 0 Å². The Morgan fingerprint density at radius 3 is 2.26 bits per heavy atom. The average molecular weight is 861 g/mol. The van der Waals surface area contributed by atoms with Gasteiger partial charge in [-0.2, -0.15) is 21.5 Å². The van der Waals surface area contributed by atoms with E-state index >= 15 is 13.6 Å². The van der Waals surface area contributed by atoms with Crippen molar-refractivity contribution < 1.29 is 46.2 Å². The molecule has 0 spiro atoms. The number of nitrogens with zero attached hydrogens (tertiary/aromatic N) is 3. The number of nitrogens with one attached hydrogen (secondary N) is 4.